The molecule has 8 nitrogen and oxygen atoms in total. The van der Waals surface area contributed by atoms with Gasteiger partial charge in [0, 0.05) is 12.5 Å². The fraction of sp³-hybridized carbons (Fsp3) is 0.619. The number of carbonyl (C=O) groups is 2. The van der Waals surface area contributed by atoms with E-state index in [1.807, 2.05) is 30.3 Å². The van der Waals surface area contributed by atoms with Crippen LogP contribution in [-0.2, 0) is 30.3 Å². The van der Waals surface area contributed by atoms with Crippen LogP contribution in [0.1, 0.15) is 19.4 Å². The topological polar surface area (TPSA) is 95.1 Å². The van der Waals surface area contributed by atoms with Gasteiger partial charge >= 0.3 is 6.09 Å². The third-order valence-corrected chi connectivity index (χ3v) is 3.79. The minimum absolute atomic E-state index is 0.0560. The lowest BCUT2D eigenvalue weighted by atomic mass is 10.2. The smallest absolute Gasteiger partial charge is 0.407 e. The van der Waals surface area contributed by atoms with Gasteiger partial charge in [-0.1, -0.05) is 44.2 Å². The van der Waals surface area contributed by atoms with Crippen LogP contribution in [0.25, 0.3) is 0 Å². The van der Waals surface area contributed by atoms with Gasteiger partial charge in [-0.05, 0) is 5.56 Å². The first-order chi connectivity index (χ1) is 14.5. The molecule has 0 heterocycles. The van der Waals surface area contributed by atoms with E-state index < -0.39 is 12.3 Å². The van der Waals surface area contributed by atoms with E-state index in [0.29, 0.717) is 33.0 Å². The van der Waals surface area contributed by atoms with E-state index in [0.717, 1.165) is 5.56 Å². The minimum atomic E-state index is -1.25. The average molecular weight is 429 g/mol. The van der Waals surface area contributed by atoms with Gasteiger partial charge in [-0.15, -0.1) is 0 Å². The van der Waals surface area contributed by atoms with Crippen LogP contribution in [0.4, 0.5) is 9.18 Å². The Bertz CT molecular complexity index is 588. The number of alkyl carbamates (subject to hydrolysis) is 1. The molecule has 1 aromatic carbocycles. The summed E-state index contributed by atoms with van der Waals surface area (Å²) in [6.45, 7) is 5.55. The van der Waals surface area contributed by atoms with Crippen molar-refractivity contribution in [1.82, 2.24) is 10.6 Å². The van der Waals surface area contributed by atoms with Crippen LogP contribution in [0, 0.1) is 5.92 Å². The SMILES string of the molecule is CC(C)C(=O)NCC(F)COCCOCCOCCNC(=O)OCc1ccccc1. The molecule has 2 amide bonds. The first-order valence-electron chi connectivity index (χ1n) is 10.1. The molecule has 1 rings (SSSR count). The quantitative estimate of drug-likeness (QED) is 0.392. The zero-order chi connectivity index (χ0) is 22.0. The second-order valence-corrected chi connectivity index (χ2v) is 6.79. The number of benzene rings is 1. The number of amides is 2. The predicted octanol–water partition coefficient (Wildman–Crippen LogP) is 2.07. The summed E-state index contributed by atoms with van der Waals surface area (Å²) in [6.07, 6.45) is -1.74. The van der Waals surface area contributed by atoms with Crippen molar-refractivity contribution in [2.24, 2.45) is 5.92 Å². The molecule has 0 fully saturated rings. The molecule has 1 unspecified atom stereocenters. The van der Waals surface area contributed by atoms with E-state index in [9.17, 15) is 14.0 Å². The number of hydrogen-bond acceptors (Lipinski definition) is 6. The van der Waals surface area contributed by atoms with Crippen LogP contribution in [0.5, 0.6) is 0 Å². The molecule has 30 heavy (non-hydrogen) atoms. The molecular weight excluding hydrogens is 395 g/mol. The fourth-order valence-corrected chi connectivity index (χ4v) is 2.12. The van der Waals surface area contributed by atoms with Gasteiger partial charge in [-0.3, -0.25) is 4.79 Å². The summed E-state index contributed by atoms with van der Waals surface area (Å²) >= 11 is 0. The number of carbonyl (C=O) groups excluding carboxylic acids is 2. The molecule has 1 atom stereocenters. The summed E-state index contributed by atoms with van der Waals surface area (Å²) in [4.78, 5) is 22.9. The Morgan fingerprint density at radius 1 is 0.933 bits per heavy atom. The van der Waals surface area contributed by atoms with Crippen molar-refractivity contribution < 1.29 is 32.9 Å². The van der Waals surface area contributed by atoms with Crippen LogP contribution < -0.4 is 10.6 Å². The molecule has 9 heteroatoms. The lowest BCUT2D eigenvalue weighted by Gasteiger charge is -2.12. The van der Waals surface area contributed by atoms with Gasteiger partial charge in [-0.2, -0.15) is 0 Å². The van der Waals surface area contributed by atoms with E-state index in [2.05, 4.69) is 10.6 Å². The average Bonchev–Trinajstić information content (AvgIpc) is 2.74. The highest BCUT2D eigenvalue weighted by Crippen LogP contribution is 2.00. The van der Waals surface area contributed by atoms with Crippen LogP contribution >= 0.6 is 0 Å². The molecule has 0 aliphatic rings. The van der Waals surface area contributed by atoms with Gasteiger partial charge in [0.05, 0.1) is 46.2 Å². The lowest BCUT2D eigenvalue weighted by Crippen LogP contribution is -2.35. The molecule has 0 aliphatic heterocycles. The van der Waals surface area contributed by atoms with E-state index in [1.54, 1.807) is 13.8 Å². The largest absolute Gasteiger partial charge is 0.445 e. The van der Waals surface area contributed by atoms with Crippen molar-refractivity contribution in [3.05, 3.63) is 35.9 Å². The predicted molar refractivity (Wildman–Crippen MR) is 110 cm³/mol. The molecule has 0 saturated carbocycles. The highest BCUT2D eigenvalue weighted by atomic mass is 19.1. The monoisotopic (exact) mass is 428 g/mol. The number of nitrogens with one attached hydrogen (secondary N) is 2. The fourth-order valence-electron chi connectivity index (χ4n) is 2.12. The Balaban J connectivity index is 1.84. The number of alkyl halides is 1. The Kier molecular flexibility index (Phi) is 14.2. The van der Waals surface area contributed by atoms with E-state index in [-0.39, 0.29) is 38.2 Å². The van der Waals surface area contributed by atoms with Gasteiger partial charge in [0.1, 0.15) is 12.8 Å². The third kappa shape index (κ3) is 13.9. The summed E-state index contributed by atoms with van der Waals surface area (Å²) in [6, 6.07) is 9.42. The van der Waals surface area contributed by atoms with E-state index in [1.165, 1.54) is 0 Å². The zero-order valence-corrected chi connectivity index (χ0v) is 17.7. The number of rotatable bonds is 16. The summed E-state index contributed by atoms with van der Waals surface area (Å²) in [5.41, 5.74) is 0.921. The van der Waals surface area contributed by atoms with Crippen LogP contribution in [0.15, 0.2) is 30.3 Å². The first kappa shape index (κ1) is 25.8. The normalized spacial score (nSPS) is 11.9. The highest BCUT2D eigenvalue weighted by molar-refractivity contribution is 5.77. The summed E-state index contributed by atoms with van der Waals surface area (Å²) < 4.78 is 34.4. The summed E-state index contributed by atoms with van der Waals surface area (Å²) in [5, 5.41) is 5.11. The van der Waals surface area contributed by atoms with Crippen LogP contribution in [0.3, 0.4) is 0 Å². The molecule has 1 aromatic rings. The van der Waals surface area contributed by atoms with Gasteiger partial charge in [0.25, 0.3) is 0 Å². The Hall–Kier alpha value is -2.23. The van der Waals surface area contributed by atoms with E-state index >= 15 is 0 Å². The van der Waals surface area contributed by atoms with Crippen molar-refractivity contribution >= 4 is 12.0 Å². The second-order valence-electron chi connectivity index (χ2n) is 6.79. The lowest BCUT2D eigenvalue weighted by molar-refractivity contribution is -0.124. The Morgan fingerprint density at radius 2 is 1.57 bits per heavy atom. The van der Waals surface area contributed by atoms with Crippen molar-refractivity contribution in [2.45, 2.75) is 26.6 Å². The van der Waals surface area contributed by atoms with Crippen molar-refractivity contribution in [3.8, 4) is 0 Å². The summed E-state index contributed by atoms with van der Waals surface area (Å²) in [5.74, 6) is -0.349. The number of ether oxygens (including phenoxy) is 4. The molecule has 0 radical (unpaired) electrons. The van der Waals surface area contributed by atoms with Crippen molar-refractivity contribution in [1.29, 1.82) is 0 Å². The van der Waals surface area contributed by atoms with Crippen LogP contribution in [-0.4, -0.2) is 70.9 Å². The van der Waals surface area contributed by atoms with Gasteiger partial charge in [0.2, 0.25) is 5.91 Å². The molecular formula is C21H33FN2O6. The van der Waals surface area contributed by atoms with Gasteiger partial charge < -0.3 is 29.6 Å². The standard InChI is InChI=1S/C21H33FN2O6/c1-17(2)20(25)24-14-19(22)16-29-13-12-28-11-10-27-9-8-23-21(26)30-15-18-6-4-3-5-7-18/h3-7,17,19H,8-16H2,1-2H3,(H,23,26)(H,24,25). The molecule has 0 aromatic heterocycles. The van der Waals surface area contributed by atoms with Gasteiger partial charge in [0.15, 0.2) is 0 Å². The molecule has 0 bridgehead atoms. The molecule has 170 valence electrons. The maximum Gasteiger partial charge on any atom is 0.407 e. The van der Waals surface area contributed by atoms with Gasteiger partial charge in [-0.25, -0.2) is 9.18 Å². The highest BCUT2D eigenvalue weighted by Gasteiger charge is 2.11. The number of halogens is 1. The van der Waals surface area contributed by atoms with Crippen molar-refractivity contribution in [2.75, 3.05) is 52.7 Å². The maximum atomic E-state index is 13.5. The molecule has 0 spiro atoms. The summed E-state index contributed by atoms with van der Waals surface area (Å²) in [7, 11) is 0. The minimum Gasteiger partial charge on any atom is -0.445 e. The third-order valence-electron chi connectivity index (χ3n) is 3.79. The molecule has 0 aliphatic carbocycles. The second kappa shape index (κ2) is 16.6. The van der Waals surface area contributed by atoms with E-state index in [4.69, 9.17) is 18.9 Å². The molecule has 2 N–H and O–H groups in total. The van der Waals surface area contributed by atoms with Crippen LogP contribution in [0.2, 0.25) is 0 Å². The first-order valence-corrected chi connectivity index (χ1v) is 10.1. The Labute approximate surface area is 177 Å². The zero-order valence-electron chi connectivity index (χ0n) is 17.7. The van der Waals surface area contributed by atoms with Crippen molar-refractivity contribution in [3.63, 3.8) is 0 Å². The maximum absolute atomic E-state index is 13.5. The Morgan fingerprint density at radius 3 is 2.23 bits per heavy atom. The molecule has 0 saturated heterocycles. The number of hydrogen-bond donors (Lipinski definition) is 2.